The average Bonchev–Trinajstić information content (AvgIpc) is 2.94. The van der Waals surface area contributed by atoms with E-state index in [-0.39, 0.29) is 0 Å². The van der Waals surface area contributed by atoms with Crippen LogP contribution in [0, 0.1) is 0 Å². The van der Waals surface area contributed by atoms with Crippen LogP contribution in [0.25, 0.3) is 22.3 Å². The molecule has 0 aromatic heterocycles. The molecule has 0 saturated heterocycles. The highest BCUT2D eigenvalue weighted by molar-refractivity contribution is 9.10. The van der Waals surface area contributed by atoms with Crippen molar-refractivity contribution in [3.63, 3.8) is 0 Å². The van der Waals surface area contributed by atoms with Gasteiger partial charge in [0, 0.05) is 42.0 Å². The number of para-hydroxylation sites is 2. The zero-order chi connectivity index (χ0) is 27.2. The summed E-state index contributed by atoms with van der Waals surface area (Å²) in [4.78, 5) is 0. The molecule has 0 aliphatic rings. The van der Waals surface area contributed by atoms with Crippen molar-refractivity contribution >= 4 is 42.7 Å². The Hall–Kier alpha value is -2.81. The largest absolute Gasteiger partial charge is 0.496 e. The predicted molar refractivity (Wildman–Crippen MR) is 161 cm³/mol. The Kier molecular flexibility index (Phi) is 9.52. The summed E-state index contributed by atoms with van der Waals surface area (Å²) in [7, 11) is 5.36. The molecule has 0 N–H and O–H groups in total. The minimum Gasteiger partial charge on any atom is -0.496 e. The highest BCUT2D eigenvalue weighted by atomic mass is 79.9. The third kappa shape index (κ3) is 6.08. The SMILES string of the molecule is COc1ccccc1-c1cc(CS(=O)Cc2cc(-c3ccccc3OC)c(OC)cc2Br)c(Br)cc1OC. The standard InChI is InChI=1S/C30H28Br2O5S/c1-34-27-11-7-5-9-21(27)23-13-19(25(31)15-29(23)36-3)17-38(33)18-20-14-24(30(37-4)16-26(20)32)22-10-6-8-12-28(22)35-2/h5-16H,17-18H2,1-4H3. The average molecular weight is 660 g/mol. The lowest BCUT2D eigenvalue weighted by molar-refractivity contribution is 0.410. The Balaban J connectivity index is 1.67. The van der Waals surface area contributed by atoms with Crippen molar-refractivity contribution in [3.05, 3.63) is 92.9 Å². The molecule has 4 aromatic carbocycles. The van der Waals surface area contributed by atoms with Crippen molar-refractivity contribution < 1.29 is 23.2 Å². The Morgan fingerprint density at radius 2 is 0.921 bits per heavy atom. The first kappa shape index (κ1) is 28.2. The van der Waals surface area contributed by atoms with Gasteiger partial charge in [0.15, 0.2) is 0 Å². The lowest BCUT2D eigenvalue weighted by Gasteiger charge is -2.17. The first-order chi connectivity index (χ1) is 18.4. The van der Waals surface area contributed by atoms with Crippen LogP contribution < -0.4 is 18.9 Å². The molecule has 0 heterocycles. The van der Waals surface area contributed by atoms with Gasteiger partial charge in [-0.25, -0.2) is 0 Å². The molecule has 198 valence electrons. The normalized spacial score (nSPS) is 10.9. The maximum Gasteiger partial charge on any atom is 0.127 e. The summed E-state index contributed by atoms with van der Waals surface area (Å²) in [5.41, 5.74) is 5.41. The minimum absolute atomic E-state index is 0.356. The monoisotopic (exact) mass is 658 g/mol. The van der Waals surface area contributed by atoms with Crippen LogP contribution in [-0.2, 0) is 22.3 Å². The van der Waals surface area contributed by atoms with E-state index in [1.807, 2.05) is 72.8 Å². The molecule has 0 spiro atoms. The minimum atomic E-state index is -1.21. The van der Waals surface area contributed by atoms with Crippen LogP contribution in [0.5, 0.6) is 23.0 Å². The molecule has 0 atom stereocenters. The van der Waals surface area contributed by atoms with E-state index in [2.05, 4.69) is 31.9 Å². The fourth-order valence-corrected chi connectivity index (χ4v) is 6.88. The lowest BCUT2D eigenvalue weighted by Crippen LogP contribution is -2.03. The quantitative estimate of drug-likeness (QED) is 0.173. The molecule has 0 fully saturated rings. The second-order valence-electron chi connectivity index (χ2n) is 8.42. The maximum atomic E-state index is 13.5. The van der Waals surface area contributed by atoms with Gasteiger partial charge < -0.3 is 18.9 Å². The van der Waals surface area contributed by atoms with E-state index in [9.17, 15) is 4.21 Å². The van der Waals surface area contributed by atoms with Crippen LogP contribution in [-0.4, -0.2) is 32.6 Å². The summed E-state index contributed by atoms with van der Waals surface area (Å²) in [6, 6.07) is 23.4. The van der Waals surface area contributed by atoms with Crippen molar-refractivity contribution in [3.8, 4) is 45.3 Å². The van der Waals surface area contributed by atoms with Crippen LogP contribution in [0.2, 0.25) is 0 Å². The molecule has 0 unspecified atom stereocenters. The molecule has 0 amide bonds. The zero-order valence-corrected chi connectivity index (χ0v) is 25.5. The van der Waals surface area contributed by atoms with Gasteiger partial charge in [0.25, 0.3) is 0 Å². The second-order valence-corrected chi connectivity index (χ2v) is 11.6. The van der Waals surface area contributed by atoms with Crippen molar-refractivity contribution in [1.82, 2.24) is 0 Å². The number of ether oxygens (including phenoxy) is 4. The summed E-state index contributed by atoms with van der Waals surface area (Å²) in [6.07, 6.45) is 0. The second kappa shape index (κ2) is 12.8. The van der Waals surface area contributed by atoms with Gasteiger partial charge in [-0.2, -0.15) is 0 Å². The topological polar surface area (TPSA) is 54.0 Å². The maximum absolute atomic E-state index is 13.5. The van der Waals surface area contributed by atoms with E-state index in [0.717, 1.165) is 53.8 Å². The number of methoxy groups -OCH3 is 4. The molecule has 0 aliphatic heterocycles. The van der Waals surface area contributed by atoms with Crippen molar-refractivity contribution in [2.24, 2.45) is 0 Å². The summed E-state index contributed by atoms with van der Waals surface area (Å²) in [6.45, 7) is 0. The molecule has 0 radical (unpaired) electrons. The Labute approximate surface area is 242 Å². The first-order valence-electron chi connectivity index (χ1n) is 11.7. The van der Waals surface area contributed by atoms with Crippen LogP contribution in [0.3, 0.4) is 0 Å². The molecule has 4 aromatic rings. The number of benzene rings is 4. The fraction of sp³-hybridized carbons (Fsp3) is 0.200. The number of hydrogen-bond acceptors (Lipinski definition) is 5. The van der Waals surface area contributed by atoms with Gasteiger partial charge in [0.05, 0.1) is 39.9 Å². The highest BCUT2D eigenvalue weighted by Gasteiger charge is 2.19. The van der Waals surface area contributed by atoms with E-state index in [1.54, 1.807) is 28.4 Å². The third-order valence-electron chi connectivity index (χ3n) is 6.16. The number of rotatable bonds is 10. The summed E-state index contributed by atoms with van der Waals surface area (Å²) >= 11 is 7.30. The molecule has 0 aliphatic carbocycles. The van der Waals surface area contributed by atoms with E-state index in [0.29, 0.717) is 23.0 Å². The lowest BCUT2D eigenvalue weighted by atomic mass is 10.0. The predicted octanol–water partition coefficient (Wildman–Crippen LogP) is 8.03. The third-order valence-corrected chi connectivity index (χ3v) is 8.91. The number of halogens is 2. The Morgan fingerprint density at radius 1 is 0.553 bits per heavy atom. The highest BCUT2D eigenvalue weighted by Crippen LogP contribution is 2.41. The van der Waals surface area contributed by atoms with Crippen LogP contribution in [0.1, 0.15) is 11.1 Å². The van der Waals surface area contributed by atoms with Crippen molar-refractivity contribution in [2.75, 3.05) is 28.4 Å². The zero-order valence-electron chi connectivity index (χ0n) is 21.5. The number of hydrogen-bond donors (Lipinski definition) is 0. The van der Waals surface area contributed by atoms with Crippen LogP contribution in [0.15, 0.2) is 81.7 Å². The van der Waals surface area contributed by atoms with E-state index < -0.39 is 10.8 Å². The van der Waals surface area contributed by atoms with Gasteiger partial charge in [-0.05, 0) is 47.5 Å². The Morgan fingerprint density at radius 3 is 1.29 bits per heavy atom. The summed E-state index contributed by atoms with van der Waals surface area (Å²) < 4.78 is 37.6. The first-order valence-corrected chi connectivity index (χ1v) is 14.8. The summed E-state index contributed by atoms with van der Waals surface area (Å²) in [5.74, 6) is 3.60. The smallest absolute Gasteiger partial charge is 0.127 e. The van der Waals surface area contributed by atoms with Gasteiger partial charge in [-0.3, -0.25) is 4.21 Å². The van der Waals surface area contributed by atoms with Gasteiger partial charge in [-0.15, -0.1) is 0 Å². The van der Waals surface area contributed by atoms with Crippen molar-refractivity contribution in [1.29, 1.82) is 0 Å². The fourth-order valence-electron chi connectivity index (χ4n) is 4.31. The van der Waals surface area contributed by atoms with E-state index >= 15 is 0 Å². The molecular weight excluding hydrogens is 632 g/mol. The summed E-state index contributed by atoms with van der Waals surface area (Å²) in [5, 5.41) is 0. The molecular formula is C30H28Br2O5S. The van der Waals surface area contributed by atoms with E-state index in [4.69, 9.17) is 18.9 Å². The molecule has 4 rings (SSSR count). The van der Waals surface area contributed by atoms with Gasteiger partial charge in [0.1, 0.15) is 23.0 Å². The van der Waals surface area contributed by atoms with Gasteiger partial charge >= 0.3 is 0 Å². The molecule has 0 bridgehead atoms. The molecule has 8 heteroatoms. The van der Waals surface area contributed by atoms with Crippen LogP contribution in [0.4, 0.5) is 0 Å². The molecule has 5 nitrogen and oxygen atoms in total. The van der Waals surface area contributed by atoms with Crippen LogP contribution >= 0.6 is 31.9 Å². The molecule has 38 heavy (non-hydrogen) atoms. The van der Waals surface area contributed by atoms with E-state index in [1.165, 1.54) is 0 Å². The van der Waals surface area contributed by atoms with Gasteiger partial charge in [-0.1, -0.05) is 68.3 Å². The van der Waals surface area contributed by atoms with Crippen molar-refractivity contribution in [2.45, 2.75) is 11.5 Å². The van der Waals surface area contributed by atoms with Gasteiger partial charge in [0.2, 0.25) is 0 Å². The molecule has 0 saturated carbocycles. The Bertz CT molecular complexity index is 1360.